The van der Waals surface area contributed by atoms with Crippen LogP contribution in [0, 0.1) is 0 Å². The Morgan fingerprint density at radius 2 is 2.12 bits per heavy atom. The molecule has 4 heteroatoms. The average molecular weight is 219 g/mol. The van der Waals surface area contributed by atoms with Gasteiger partial charge >= 0.3 is 5.97 Å². The summed E-state index contributed by atoms with van der Waals surface area (Å²) in [5.41, 5.74) is 1.11. The predicted molar refractivity (Wildman–Crippen MR) is 60.6 cm³/mol. The number of aliphatic hydroxyl groups excluding tert-OH is 1. The second-order valence-corrected chi connectivity index (χ2v) is 3.87. The lowest BCUT2D eigenvalue weighted by molar-refractivity contribution is 0.0698. The largest absolute Gasteiger partial charge is 0.478 e. The monoisotopic (exact) mass is 219 g/mol. The molecule has 1 aromatic carbocycles. The minimum absolute atomic E-state index is 0.274. The van der Waals surface area contributed by atoms with E-state index in [9.17, 15) is 9.90 Å². The van der Waals surface area contributed by atoms with Crippen LogP contribution in [0.25, 0.3) is 10.9 Å². The molecule has 0 saturated heterocycles. The molecule has 0 spiro atoms. The molecule has 0 aliphatic carbocycles. The molecule has 16 heavy (non-hydrogen) atoms. The van der Waals surface area contributed by atoms with Crippen molar-refractivity contribution in [2.24, 2.45) is 0 Å². The molecule has 0 radical (unpaired) electrons. The number of para-hydroxylation sites is 1. The van der Waals surface area contributed by atoms with Crippen LogP contribution < -0.4 is 0 Å². The minimum Gasteiger partial charge on any atom is -0.478 e. The molecule has 2 rings (SSSR count). The van der Waals surface area contributed by atoms with Gasteiger partial charge in [-0.3, -0.25) is 0 Å². The summed E-state index contributed by atoms with van der Waals surface area (Å²) in [6, 6.07) is 7.29. The summed E-state index contributed by atoms with van der Waals surface area (Å²) in [6.07, 6.45) is 1.07. The van der Waals surface area contributed by atoms with E-state index in [1.54, 1.807) is 23.8 Å². The zero-order valence-corrected chi connectivity index (χ0v) is 8.92. The van der Waals surface area contributed by atoms with Gasteiger partial charge in [0, 0.05) is 23.6 Å². The smallest absolute Gasteiger partial charge is 0.337 e. The van der Waals surface area contributed by atoms with Gasteiger partial charge in [0.1, 0.15) is 0 Å². The molecule has 1 atom stereocenters. The average Bonchev–Trinajstić information content (AvgIpc) is 2.57. The van der Waals surface area contributed by atoms with Crippen molar-refractivity contribution in [2.45, 2.75) is 19.6 Å². The third-order valence-electron chi connectivity index (χ3n) is 2.48. The van der Waals surface area contributed by atoms with Crippen molar-refractivity contribution in [1.29, 1.82) is 0 Å². The van der Waals surface area contributed by atoms with Gasteiger partial charge in [-0.15, -0.1) is 0 Å². The summed E-state index contributed by atoms with van der Waals surface area (Å²) < 4.78 is 1.77. The van der Waals surface area contributed by atoms with E-state index in [0.29, 0.717) is 11.9 Å². The molecule has 0 bridgehead atoms. The molecule has 0 aliphatic rings. The maximum Gasteiger partial charge on any atom is 0.337 e. The first kappa shape index (κ1) is 10.7. The van der Waals surface area contributed by atoms with E-state index in [1.165, 1.54) is 0 Å². The molecule has 1 unspecified atom stereocenters. The number of rotatable bonds is 3. The molecular formula is C12H13NO3. The number of carbonyl (C=O) groups is 1. The first-order valence-electron chi connectivity index (χ1n) is 5.09. The summed E-state index contributed by atoms with van der Waals surface area (Å²) in [4.78, 5) is 11.0. The molecule has 2 N–H and O–H groups in total. The normalized spacial score (nSPS) is 12.9. The Labute approximate surface area is 92.7 Å². The van der Waals surface area contributed by atoms with Gasteiger partial charge in [0.05, 0.1) is 11.7 Å². The van der Waals surface area contributed by atoms with Crippen LogP contribution in [0.4, 0.5) is 0 Å². The van der Waals surface area contributed by atoms with Crippen LogP contribution in [0.1, 0.15) is 17.3 Å². The molecule has 0 amide bonds. The van der Waals surface area contributed by atoms with Crippen molar-refractivity contribution in [2.75, 3.05) is 0 Å². The first-order chi connectivity index (χ1) is 7.59. The van der Waals surface area contributed by atoms with Crippen molar-refractivity contribution in [1.82, 2.24) is 4.57 Å². The minimum atomic E-state index is -0.944. The number of aromatic carboxylic acids is 1. The highest BCUT2D eigenvalue weighted by Crippen LogP contribution is 2.21. The number of benzene rings is 1. The Hall–Kier alpha value is -1.81. The summed E-state index contributed by atoms with van der Waals surface area (Å²) in [6.45, 7) is 2.07. The highest BCUT2D eigenvalue weighted by Gasteiger charge is 2.13. The molecule has 84 valence electrons. The highest BCUT2D eigenvalue weighted by atomic mass is 16.4. The maximum absolute atomic E-state index is 11.0. The molecule has 1 aromatic heterocycles. The topological polar surface area (TPSA) is 62.5 Å². The number of nitrogens with zero attached hydrogens (tertiary/aromatic N) is 1. The summed E-state index contributed by atoms with van der Waals surface area (Å²) in [5.74, 6) is -0.944. The second kappa shape index (κ2) is 3.98. The lowest BCUT2D eigenvalue weighted by Gasteiger charge is -2.06. The Morgan fingerprint density at radius 1 is 1.44 bits per heavy atom. The van der Waals surface area contributed by atoms with E-state index in [-0.39, 0.29) is 5.56 Å². The number of fused-ring (bicyclic) bond motifs is 1. The quantitative estimate of drug-likeness (QED) is 0.826. The summed E-state index contributed by atoms with van der Waals surface area (Å²) in [5, 5.41) is 19.1. The lowest BCUT2D eigenvalue weighted by Crippen LogP contribution is -2.10. The molecular weight excluding hydrogens is 206 g/mol. The van der Waals surface area contributed by atoms with Gasteiger partial charge in [0.25, 0.3) is 0 Å². The number of hydrogen-bond donors (Lipinski definition) is 2. The van der Waals surface area contributed by atoms with Crippen LogP contribution in [0.2, 0.25) is 0 Å². The van der Waals surface area contributed by atoms with Crippen molar-refractivity contribution < 1.29 is 15.0 Å². The van der Waals surface area contributed by atoms with Crippen LogP contribution >= 0.6 is 0 Å². The Kier molecular flexibility index (Phi) is 2.66. The number of aromatic nitrogens is 1. The van der Waals surface area contributed by atoms with Gasteiger partial charge in [-0.25, -0.2) is 4.79 Å². The fourth-order valence-electron chi connectivity index (χ4n) is 1.85. The molecule has 4 nitrogen and oxygen atoms in total. The van der Waals surface area contributed by atoms with E-state index < -0.39 is 12.1 Å². The van der Waals surface area contributed by atoms with Crippen molar-refractivity contribution in [3.63, 3.8) is 0 Å². The maximum atomic E-state index is 11.0. The SMILES string of the molecule is CC(O)Cn1cc(C(=O)O)c2ccccc21. The predicted octanol–water partition coefficient (Wildman–Crippen LogP) is 1.72. The van der Waals surface area contributed by atoms with Gasteiger partial charge in [-0.05, 0) is 13.0 Å². The Balaban J connectivity index is 2.62. The number of aliphatic hydroxyl groups is 1. The van der Waals surface area contributed by atoms with E-state index in [4.69, 9.17) is 5.11 Å². The van der Waals surface area contributed by atoms with Gasteiger partial charge in [0.15, 0.2) is 0 Å². The fourth-order valence-corrected chi connectivity index (χ4v) is 1.85. The molecule has 2 aromatic rings. The molecule has 1 heterocycles. The van der Waals surface area contributed by atoms with Crippen molar-refractivity contribution in [3.05, 3.63) is 36.0 Å². The highest BCUT2D eigenvalue weighted by molar-refractivity contribution is 6.03. The van der Waals surface area contributed by atoms with E-state index in [2.05, 4.69) is 0 Å². The van der Waals surface area contributed by atoms with Crippen LogP contribution in [0.5, 0.6) is 0 Å². The van der Waals surface area contributed by atoms with Gasteiger partial charge < -0.3 is 14.8 Å². The fraction of sp³-hybridized carbons (Fsp3) is 0.250. The zero-order chi connectivity index (χ0) is 11.7. The first-order valence-corrected chi connectivity index (χ1v) is 5.09. The van der Waals surface area contributed by atoms with E-state index in [1.807, 2.05) is 18.2 Å². The zero-order valence-electron chi connectivity index (χ0n) is 8.92. The second-order valence-electron chi connectivity index (χ2n) is 3.87. The van der Waals surface area contributed by atoms with Crippen molar-refractivity contribution in [3.8, 4) is 0 Å². The van der Waals surface area contributed by atoms with Crippen LogP contribution in [-0.4, -0.2) is 26.9 Å². The summed E-state index contributed by atoms with van der Waals surface area (Å²) in [7, 11) is 0. The van der Waals surface area contributed by atoms with Gasteiger partial charge in [0.2, 0.25) is 0 Å². The van der Waals surface area contributed by atoms with Crippen LogP contribution in [0.15, 0.2) is 30.5 Å². The number of hydrogen-bond acceptors (Lipinski definition) is 2. The Bertz CT molecular complexity index is 528. The lowest BCUT2D eigenvalue weighted by atomic mass is 10.2. The third kappa shape index (κ3) is 1.79. The number of carboxylic acid groups (broad SMARTS) is 1. The summed E-state index contributed by atoms with van der Waals surface area (Å²) >= 11 is 0. The van der Waals surface area contributed by atoms with Crippen LogP contribution in [0.3, 0.4) is 0 Å². The van der Waals surface area contributed by atoms with Crippen LogP contribution in [-0.2, 0) is 6.54 Å². The standard InChI is InChI=1S/C12H13NO3/c1-8(14)6-13-7-10(12(15)16)9-4-2-3-5-11(9)13/h2-5,7-8,14H,6H2,1H3,(H,15,16). The van der Waals surface area contributed by atoms with E-state index in [0.717, 1.165) is 5.52 Å². The third-order valence-corrected chi connectivity index (χ3v) is 2.48. The molecule has 0 aliphatic heterocycles. The van der Waals surface area contributed by atoms with Crippen molar-refractivity contribution >= 4 is 16.9 Å². The number of carboxylic acids is 1. The molecule has 0 fully saturated rings. The molecule has 0 saturated carbocycles. The van der Waals surface area contributed by atoms with Gasteiger partial charge in [-0.1, -0.05) is 18.2 Å². The Morgan fingerprint density at radius 3 is 2.75 bits per heavy atom. The van der Waals surface area contributed by atoms with Gasteiger partial charge in [-0.2, -0.15) is 0 Å². The van der Waals surface area contributed by atoms with E-state index >= 15 is 0 Å².